The lowest BCUT2D eigenvalue weighted by Gasteiger charge is -2.30. The molecular formula is C11H15F2NO. The maximum Gasteiger partial charge on any atom is 0.290 e. The maximum absolute atomic E-state index is 13.8. The van der Waals surface area contributed by atoms with E-state index < -0.39 is 11.5 Å². The predicted molar refractivity (Wildman–Crippen MR) is 55.2 cm³/mol. The van der Waals surface area contributed by atoms with Gasteiger partial charge in [0, 0.05) is 5.56 Å². The van der Waals surface area contributed by atoms with Crippen LogP contribution in [0.1, 0.15) is 19.4 Å². The fourth-order valence-electron chi connectivity index (χ4n) is 1.19. The molecule has 2 nitrogen and oxygen atoms in total. The van der Waals surface area contributed by atoms with E-state index in [4.69, 9.17) is 10.5 Å². The van der Waals surface area contributed by atoms with Gasteiger partial charge in [-0.3, -0.25) is 0 Å². The molecule has 0 saturated heterocycles. The molecule has 1 aromatic rings. The number of benzene rings is 1. The Hall–Kier alpha value is -1.16. The summed E-state index contributed by atoms with van der Waals surface area (Å²) in [6, 6.07) is 5.78. The van der Waals surface area contributed by atoms with Crippen molar-refractivity contribution in [1.29, 1.82) is 0 Å². The second-order valence-corrected chi connectivity index (χ2v) is 4.03. The van der Waals surface area contributed by atoms with E-state index in [0.717, 1.165) is 0 Å². The van der Waals surface area contributed by atoms with Gasteiger partial charge in [-0.15, -0.1) is 0 Å². The largest absolute Gasteiger partial charge is 0.497 e. The molecule has 0 amide bonds. The van der Waals surface area contributed by atoms with Crippen LogP contribution in [0.3, 0.4) is 0 Å². The van der Waals surface area contributed by atoms with Crippen LogP contribution in [0, 0.1) is 0 Å². The third kappa shape index (κ3) is 2.26. The summed E-state index contributed by atoms with van der Waals surface area (Å²) < 4.78 is 32.5. The molecule has 0 heterocycles. The van der Waals surface area contributed by atoms with Crippen LogP contribution in [0.4, 0.5) is 8.78 Å². The summed E-state index contributed by atoms with van der Waals surface area (Å²) in [5.41, 5.74) is 3.72. The van der Waals surface area contributed by atoms with Crippen LogP contribution in [-0.2, 0) is 5.92 Å². The lowest BCUT2D eigenvalue weighted by molar-refractivity contribution is -0.0673. The van der Waals surface area contributed by atoms with E-state index in [0.29, 0.717) is 5.75 Å². The first-order valence-electron chi connectivity index (χ1n) is 4.60. The standard InChI is InChI=1S/C11H15F2NO/c1-10(2,14)11(12,13)8-5-4-6-9(7-8)15-3/h4-7H,14H2,1-3H3. The van der Waals surface area contributed by atoms with Gasteiger partial charge in [0.25, 0.3) is 5.92 Å². The lowest BCUT2D eigenvalue weighted by atomic mass is 9.91. The molecule has 0 saturated carbocycles. The molecule has 2 N–H and O–H groups in total. The van der Waals surface area contributed by atoms with Gasteiger partial charge in [0.1, 0.15) is 5.75 Å². The van der Waals surface area contributed by atoms with Crippen molar-refractivity contribution in [2.45, 2.75) is 25.3 Å². The van der Waals surface area contributed by atoms with Gasteiger partial charge in [0.15, 0.2) is 0 Å². The predicted octanol–water partition coefficient (Wildman–Crippen LogP) is 2.52. The van der Waals surface area contributed by atoms with Crippen molar-refractivity contribution in [3.05, 3.63) is 29.8 Å². The highest BCUT2D eigenvalue weighted by atomic mass is 19.3. The normalized spacial score (nSPS) is 12.7. The highest BCUT2D eigenvalue weighted by molar-refractivity contribution is 5.32. The zero-order valence-electron chi connectivity index (χ0n) is 9.05. The van der Waals surface area contributed by atoms with Gasteiger partial charge < -0.3 is 10.5 Å². The van der Waals surface area contributed by atoms with Crippen molar-refractivity contribution >= 4 is 0 Å². The van der Waals surface area contributed by atoms with Gasteiger partial charge in [-0.05, 0) is 26.0 Å². The van der Waals surface area contributed by atoms with Crippen LogP contribution in [0.25, 0.3) is 0 Å². The van der Waals surface area contributed by atoms with Crippen LogP contribution in [0.15, 0.2) is 24.3 Å². The third-order valence-electron chi connectivity index (χ3n) is 2.24. The van der Waals surface area contributed by atoms with Crippen molar-refractivity contribution in [2.75, 3.05) is 7.11 Å². The Labute approximate surface area is 88.0 Å². The minimum Gasteiger partial charge on any atom is -0.497 e. The molecule has 1 rings (SSSR count). The summed E-state index contributed by atoms with van der Waals surface area (Å²) in [6.07, 6.45) is 0. The molecule has 0 aliphatic heterocycles. The number of ether oxygens (including phenoxy) is 1. The van der Waals surface area contributed by atoms with Gasteiger partial charge in [-0.2, -0.15) is 8.78 Å². The Kier molecular flexibility index (Phi) is 3.00. The molecule has 15 heavy (non-hydrogen) atoms. The smallest absolute Gasteiger partial charge is 0.290 e. The Balaban J connectivity index is 3.15. The molecule has 0 aromatic heterocycles. The van der Waals surface area contributed by atoms with E-state index in [1.165, 1.54) is 39.2 Å². The van der Waals surface area contributed by atoms with E-state index in [2.05, 4.69) is 0 Å². The number of methoxy groups -OCH3 is 1. The van der Waals surface area contributed by atoms with Gasteiger partial charge in [0.05, 0.1) is 12.6 Å². The third-order valence-corrected chi connectivity index (χ3v) is 2.24. The van der Waals surface area contributed by atoms with Crippen molar-refractivity contribution in [3.8, 4) is 5.75 Å². The van der Waals surface area contributed by atoms with Gasteiger partial charge in [-0.25, -0.2) is 0 Å². The molecule has 0 aliphatic carbocycles. The average molecular weight is 215 g/mol. The molecule has 0 spiro atoms. The van der Waals surface area contributed by atoms with E-state index in [1.54, 1.807) is 6.07 Å². The van der Waals surface area contributed by atoms with Crippen LogP contribution >= 0.6 is 0 Å². The summed E-state index contributed by atoms with van der Waals surface area (Å²) >= 11 is 0. The second-order valence-electron chi connectivity index (χ2n) is 4.03. The Bertz CT molecular complexity index is 345. The number of halogens is 2. The first kappa shape index (κ1) is 11.9. The minimum atomic E-state index is -3.08. The van der Waals surface area contributed by atoms with Gasteiger partial charge in [-0.1, -0.05) is 12.1 Å². The fraction of sp³-hybridized carbons (Fsp3) is 0.455. The minimum absolute atomic E-state index is 0.130. The molecule has 0 unspecified atom stereocenters. The Morgan fingerprint density at radius 1 is 1.27 bits per heavy atom. The average Bonchev–Trinajstić information content (AvgIpc) is 2.16. The van der Waals surface area contributed by atoms with Crippen molar-refractivity contribution in [1.82, 2.24) is 0 Å². The highest BCUT2D eigenvalue weighted by Gasteiger charge is 2.45. The molecule has 0 bridgehead atoms. The second kappa shape index (κ2) is 3.77. The quantitative estimate of drug-likeness (QED) is 0.840. The Morgan fingerprint density at radius 2 is 1.87 bits per heavy atom. The summed E-state index contributed by atoms with van der Waals surface area (Å²) in [5, 5.41) is 0. The number of hydrogen-bond acceptors (Lipinski definition) is 2. The molecule has 84 valence electrons. The SMILES string of the molecule is COc1cccc(C(F)(F)C(C)(C)N)c1. The van der Waals surface area contributed by atoms with E-state index >= 15 is 0 Å². The maximum atomic E-state index is 13.8. The van der Waals surface area contributed by atoms with Crippen LogP contribution < -0.4 is 10.5 Å². The summed E-state index contributed by atoms with van der Waals surface area (Å²) in [4.78, 5) is 0. The van der Waals surface area contributed by atoms with Crippen LogP contribution in [0.5, 0.6) is 5.75 Å². The van der Waals surface area contributed by atoms with Crippen molar-refractivity contribution < 1.29 is 13.5 Å². The van der Waals surface area contributed by atoms with Gasteiger partial charge in [0.2, 0.25) is 0 Å². The zero-order chi connectivity index (χ0) is 11.7. The molecule has 0 aliphatic rings. The van der Waals surface area contributed by atoms with E-state index in [-0.39, 0.29) is 5.56 Å². The topological polar surface area (TPSA) is 35.2 Å². The first-order chi connectivity index (χ1) is 6.79. The fourth-order valence-corrected chi connectivity index (χ4v) is 1.19. The van der Waals surface area contributed by atoms with Crippen molar-refractivity contribution in [3.63, 3.8) is 0 Å². The Morgan fingerprint density at radius 3 is 2.33 bits per heavy atom. The number of nitrogens with two attached hydrogens (primary N) is 1. The molecule has 1 aromatic carbocycles. The first-order valence-corrected chi connectivity index (χ1v) is 4.60. The lowest BCUT2D eigenvalue weighted by Crippen LogP contribution is -2.48. The monoisotopic (exact) mass is 215 g/mol. The molecule has 0 fully saturated rings. The molecule has 0 radical (unpaired) electrons. The number of alkyl halides is 2. The van der Waals surface area contributed by atoms with Crippen molar-refractivity contribution in [2.24, 2.45) is 5.73 Å². The summed E-state index contributed by atoms with van der Waals surface area (Å²) in [6.45, 7) is 2.60. The zero-order valence-corrected chi connectivity index (χ0v) is 9.05. The number of hydrogen-bond donors (Lipinski definition) is 1. The van der Waals surface area contributed by atoms with E-state index in [1.807, 2.05) is 0 Å². The summed E-state index contributed by atoms with van der Waals surface area (Å²) in [7, 11) is 1.44. The van der Waals surface area contributed by atoms with Gasteiger partial charge >= 0.3 is 0 Å². The summed E-state index contributed by atoms with van der Waals surface area (Å²) in [5.74, 6) is -2.68. The highest BCUT2D eigenvalue weighted by Crippen LogP contribution is 2.38. The molecular weight excluding hydrogens is 200 g/mol. The molecule has 4 heteroatoms. The van der Waals surface area contributed by atoms with E-state index in [9.17, 15) is 8.78 Å². The van der Waals surface area contributed by atoms with Crippen LogP contribution in [-0.4, -0.2) is 12.6 Å². The van der Waals surface area contributed by atoms with Crippen LogP contribution in [0.2, 0.25) is 0 Å². The number of rotatable bonds is 3. The molecule has 0 atom stereocenters.